The number of nitrogens with zero attached hydrogens (tertiary/aromatic N) is 1. The normalized spacial score (nSPS) is 10.7. The van der Waals surface area contributed by atoms with Gasteiger partial charge in [0.05, 0.1) is 6.20 Å². The monoisotopic (exact) mass is 144 g/mol. The zero-order valence-corrected chi connectivity index (χ0v) is 6.76. The summed E-state index contributed by atoms with van der Waals surface area (Å²) in [6.07, 6.45) is 3.12. The minimum absolute atomic E-state index is 1.25. The van der Waals surface area contributed by atoms with Crippen molar-refractivity contribution < 1.29 is 0 Å². The Hall–Kier alpha value is -1.24. The van der Waals surface area contributed by atoms with Gasteiger partial charge in [-0.15, -0.1) is 0 Å². The van der Waals surface area contributed by atoms with Crippen molar-refractivity contribution in [3.05, 3.63) is 36.0 Å². The molecule has 0 bridgehead atoms. The second-order valence-electron chi connectivity index (χ2n) is 2.89. The lowest BCUT2D eigenvalue weighted by atomic mass is 10.2. The first-order chi connectivity index (χ1) is 5.27. The van der Waals surface area contributed by atoms with E-state index >= 15 is 0 Å². The number of hydrogen-bond donors (Lipinski definition) is 0. The topological polar surface area (TPSA) is 4.93 Å². The number of benzene rings is 1. The Bertz CT molecular complexity index is 385. The molecule has 0 spiro atoms. The Morgan fingerprint density at radius 2 is 2.18 bits per heavy atom. The van der Waals surface area contributed by atoms with Crippen LogP contribution in [0.3, 0.4) is 0 Å². The first-order valence-electron chi connectivity index (χ1n) is 3.71. The second-order valence-corrected chi connectivity index (χ2v) is 2.89. The zero-order chi connectivity index (χ0) is 7.84. The van der Waals surface area contributed by atoms with Crippen LogP contribution < -0.4 is 0 Å². The van der Waals surface area contributed by atoms with Crippen molar-refractivity contribution in [1.82, 2.24) is 4.57 Å². The Morgan fingerprint density at radius 1 is 1.36 bits per heavy atom. The van der Waals surface area contributed by atoms with Gasteiger partial charge >= 0.3 is 0 Å². The summed E-state index contributed by atoms with van der Waals surface area (Å²) in [7, 11) is 2.02. The fraction of sp³-hybridized carbons (Fsp3) is 0.200. The van der Waals surface area contributed by atoms with Crippen LogP contribution in [0, 0.1) is 13.1 Å². The first-order valence-corrected chi connectivity index (χ1v) is 3.71. The molecule has 1 aromatic heterocycles. The molecule has 0 aliphatic carbocycles. The number of aryl methyl sites for hydroxylation is 2. The standard InChI is InChI=1S/C10H10N/c1-8-3-4-9-5-6-11(2)10(9)7-8/h3-5,7H,1-2H3. The van der Waals surface area contributed by atoms with E-state index in [0.717, 1.165) is 0 Å². The number of hydrogen-bond acceptors (Lipinski definition) is 0. The predicted octanol–water partition coefficient (Wildman–Crippen LogP) is 2.29. The molecule has 0 N–H and O–H groups in total. The third-order valence-corrected chi connectivity index (χ3v) is 1.96. The molecule has 0 aliphatic heterocycles. The van der Waals surface area contributed by atoms with E-state index in [2.05, 4.69) is 31.3 Å². The lowest BCUT2D eigenvalue weighted by Crippen LogP contribution is -1.83. The molecule has 1 aromatic carbocycles. The third kappa shape index (κ3) is 0.929. The maximum absolute atomic E-state index is 3.12. The van der Waals surface area contributed by atoms with Crippen LogP contribution >= 0.6 is 0 Å². The Morgan fingerprint density at radius 3 is 3.00 bits per heavy atom. The van der Waals surface area contributed by atoms with Gasteiger partial charge in [-0.05, 0) is 24.6 Å². The van der Waals surface area contributed by atoms with Gasteiger partial charge in [0.15, 0.2) is 0 Å². The lowest BCUT2D eigenvalue weighted by Gasteiger charge is -1.96. The van der Waals surface area contributed by atoms with Gasteiger partial charge in [-0.2, -0.15) is 0 Å². The highest BCUT2D eigenvalue weighted by molar-refractivity contribution is 5.80. The highest BCUT2D eigenvalue weighted by atomic mass is 14.9. The summed E-state index contributed by atoms with van der Waals surface area (Å²) in [5.41, 5.74) is 2.55. The molecule has 0 unspecified atom stereocenters. The van der Waals surface area contributed by atoms with Gasteiger partial charge in [-0.1, -0.05) is 12.1 Å². The summed E-state index contributed by atoms with van der Waals surface area (Å²) in [4.78, 5) is 0. The van der Waals surface area contributed by atoms with E-state index in [1.54, 1.807) is 0 Å². The van der Waals surface area contributed by atoms with Crippen LogP contribution in [0.1, 0.15) is 5.56 Å². The largest absolute Gasteiger partial charge is 0.342 e. The minimum Gasteiger partial charge on any atom is -0.342 e. The van der Waals surface area contributed by atoms with E-state index in [1.165, 1.54) is 16.5 Å². The molecule has 2 aromatic rings. The molecule has 0 saturated carbocycles. The van der Waals surface area contributed by atoms with E-state index < -0.39 is 0 Å². The molecule has 0 saturated heterocycles. The molecule has 0 fully saturated rings. The smallest absolute Gasteiger partial charge is 0.0656 e. The summed E-state index contributed by atoms with van der Waals surface area (Å²) in [6, 6.07) is 8.43. The fourth-order valence-corrected chi connectivity index (χ4v) is 1.30. The molecule has 0 aliphatic rings. The van der Waals surface area contributed by atoms with Crippen LogP contribution in [0.25, 0.3) is 10.9 Å². The van der Waals surface area contributed by atoms with Gasteiger partial charge in [0.25, 0.3) is 0 Å². The van der Waals surface area contributed by atoms with Crippen LogP contribution in [0.5, 0.6) is 0 Å². The molecule has 1 radical (unpaired) electrons. The molecule has 0 amide bonds. The zero-order valence-electron chi connectivity index (χ0n) is 6.76. The van der Waals surface area contributed by atoms with Crippen LogP contribution in [-0.2, 0) is 7.05 Å². The van der Waals surface area contributed by atoms with Crippen molar-refractivity contribution in [3.63, 3.8) is 0 Å². The molecule has 0 atom stereocenters. The van der Waals surface area contributed by atoms with Crippen molar-refractivity contribution in [2.75, 3.05) is 0 Å². The highest BCUT2D eigenvalue weighted by Gasteiger charge is 1.96. The predicted molar refractivity (Wildman–Crippen MR) is 46.5 cm³/mol. The molecule has 55 valence electrons. The average Bonchev–Trinajstić information content (AvgIpc) is 2.33. The van der Waals surface area contributed by atoms with Gasteiger partial charge in [-0.3, -0.25) is 0 Å². The van der Waals surface area contributed by atoms with Crippen molar-refractivity contribution in [3.8, 4) is 0 Å². The van der Waals surface area contributed by atoms with Crippen molar-refractivity contribution >= 4 is 10.9 Å². The lowest BCUT2D eigenvalue weighted by molar-refractivity contribution is 0.959. The highest BCUT2D eigenvalue weighted by Crippen LogP contribution is 2.15. The van der Waals surface area contributed by atoms with Gasteiger partial charge in [0.1, 0.15) is 0 Å². The number of rotatable bonds is 0. The summed E-state index contributed by atoms with van der Waals surface area (Å²) in [5.74, 6) is 0. The average molecular weight is 144 g/mol. The van der Waals surface area contributed by atoms with Crippen molar-refractivity contribution in [2.24, 2.45) is 7.05 Å². The van der Waals surface area contributed by atoms with Crippen molar-refractivity contribution in [1.29, 1.82) is 0 Å². The van der Waals surface area contributed by atoms with Crippen LogP contribution in [0.15, 0.2) is 24.3 Å². The molecule has 1 heteroatoms. The van der Waals surface area contributed by atoms with Crippen LogP contribution in [-0.4, -0.2) is 4.57 Å². The van der Waals surface area contributed by atoms with E-state index in [1.807, 2.05) is 17.7 Å². The molecule has 2 rings (SSSR count). The third-order valence-electron chi connectivity index (χ3n) is 1.96. The van der Waals surface area contributed by atoms with Crippen LogP contribution in [0.2, 0.25) is 0 Å². The maximum atomic E-state index is 3.12. The van der Waals surface area contributed by atoms with E-state index in [9.17, 15) is 0 Å². The summed E-state index contributed by atoms with van der Waals surface area (Å²) < 4.78 is 2.02. The van der Waals surface area contributed by atoms with Crippen LogP contribution in [0.4, 0.5) is 0 Å². The molecular formula is C10H10N. The number of aromatic nitrogens is 1. The molecule has 11 heavy (non-hydrogen) atoms. The maximum Gasteiger partial charge on any atom is 0.0656 e. The summed E-state index contributed by atoms with van der Waals surface area (Å²) >= 11 is 0. The van der Waals surface area contributed by atoms with E-state index in [-0.39, 0.29) is 0 Å². The number of fused-ring (bicyclic) bond motifs is 1. The van der Waals surface area contributed by atoms with E-state index in [0.29, 0.717) is 0 Å². The quantitative estimate of drug-likeness (QED) is 0.534. The van der Waals surface area contributed by atoms with Gasteiger partial charge in [0.2, 0.25) is 0 Å². The summed E-state index contributed by atoms with van der Waals surface area (Å²) in [6.45, 7) is 2.10. The summed E-state index contributed by atoms with van der Waals surface area (Å²) in [5, 5.41) is 1.26. The minimum atomic E-state index is 1.25. The fourth-order valence-electron chi connectivity index (χ4n) is 1.30. The Labute approximate surface area is 66.3 Å². The first kappa shape index (κ1) is 6.47. The molecule has 1 heterocycles. The SMILES string of the molecule is Cc1ccc2c[c]n(C)c2c1. The van der Waals surface area contributed by atoms with E-state index in [4.69, 9.17) is 0 Å². The van der Waals surface area contributed by atoms with Gasteiger partial charge < -0.3 is 4.57 Å². The van der Waals surface area contributed by atoms with Crippen molar-refractivity contribution in [2.45, 2.75) is 6.92 Å². The van der Waals surface area contributed by atoms with Gasteiger partial charge in [0, 0.05) is 18.0 Å². The molecule has 1 nitrogen and oxygen atoms in total. The Balaban J connectivity index is 2.87. The van der Waals surface area contributed by atoms with Gasteiger partial charge in [-0.25, -0.2) is 0 Å². The molecular weight excluding hydrogens is 134 g/mol. The second kappa shape index (κ2) is 2.12. The Kier molecular flexibility index (Phi) is 1.25.